The van der Waals surface area contributed by atoms with Gasteiger partial charge in [0.05, 0.1) is 6.54 Å². The van der Waals surface area contributed by atoms with Crippen molar-refractivity contribution in [2.75, 3.05) is 36.8 Å². The average Bonchev–Trinajstić information content (AvgIpc) is 3.22. The molecule has 32 heavy (non-hydrogen) atoms. The number of rotatable bonds is 2. The highest BCUT2D eigenvalue weighted by Crippen LogP contribution is 2.20. The molecule has 1 amide bonds. The minimum Gasteiger partial charge on any atom is -0.445 e. The molecule has 0 saturated carbocycles. The van der Waals surface area contributed by atoms with E-state index in [0.29, 0.717) is 19.7 Å². The zero-order valence-corrected chi connectivity index (χ0v) is 18.2. The second-order valence-electron chi connectivity index (χ2n) is 7.81. The number of amides is 1. The van der Waals surface area contributed by atoms with Crippen molar-refractivity contribution in [2.45, 2.75) is 19.7 Å². The predicted octanol–water partition coefficient (Wildman–Crippen LogP) is 4.45. The molecule has 0 bridgehead atoms. The van der Waals surface area contributed by atoms with Crippen molar-refractivity contribution in [3.8, 4) is 0 Å². The van der Waals surface area contributed by atoms with E-state index < -0.39 is 0 Å². The molecule has 0 saturated heterocycles. The molecule has 6 nitrogen and oxygen atoms in total. The lowest BCUT2D eigenvalue weighted by atomic mass is 10.2. The Bertz CT molecular complexity index is 984. The maximum atomic E-state index is 12.2. The molecule has 0 radical (unpaired) electrons. The molecule has 0 atom stereocenters. The van der Waals surface area contributed by atoms with Gasteiger partial charge in [0.2, 0.25) is 0 Å². The Morgan fingerprint density at radius 3 is 2.25 bits per heavy atom. The van der Waals surface area contributed by atoms with Crippen LogP contribution < -0.4 is 16.0 Å². The minimum absolute atomic E-state index is 0.266. The lowest BCUT2D eigenvalue weighted by molar-refractivity contribution is 0.0957. The normalized spacial score (nSPS) is 14.7. The first kappa shape index (κ1) is 21.7. The third kappa shape index (κ3) is 6.02. The van der Waals surface area contributed by atoms with E-state index in [2.05, 4.69) is 40.2 Å². The number of nitrogens with zero attached hydrogens (tertiary/aromatic N) is 1. The molecule has 3 aromatic rings. The van der Waals surface area contributed by atoms with Gasteiger partial charge in [0.15, 0.2) is 0 Å². The van der Waals surface area contributed by atoms with Gasteiger partial charge in [-0.1, -0.05) is 66.7 Å². The summed E-state index contributed by atoms with van der Waals surface area (Å²) < 4.78 is 5.40. The molecule has 0 unspecified atom stereocenters. The van der Waals surface area contributed by atoms with Crippen LogP contribution in [0.1, 0.15) is 16.7 Å². The van der Waals surface area contributed by atoms with Crippen LogP contribution in [0.4, 0.5) is 16.2 Å². The van der Waals surface area contributed by atoms with Gasteiger partial charge in [0.1, 0.15) is 6.61 Å². The van der Waals surface area contributed by atoms with E-state index >= 15 is 0 Å². The number of carbonyl (C=O) groups is 1. The molecule has 2 aliphatic heterocycles. The first-order valence-electron chi connectivity index (χ1n) is 11.1. The molecule has 166 valence electrons. The van der Waals surface area contributed by atoms with Crippen LogP contribution in [0.3, 0.4) is 0 Å². The van der Waals surface area contributed by atoms with Gasteiger partial charge in [0, 0.05) is 44.1 Å². The SMILES string of the molecule is O=C(OCc1ccccc1)N1CCNc2ccccc2C1.c1ccc2c(c1)CNCCN2. The fourth-order valence-electron chi connectivity index (χ4n) is 3.76. The Hall–Kier alpha value is -3.51. The second kappa shape index (κ2) is 11.2. The summed E-state index contributed by atoms with van der Waals surface area (Å²) in [6.07, 6.45) is -0.266. The lowest BCUT2D eigenvalue weighted by Gasteiger charge is -2.19. The Morgan fingerprint density at radius 1 is 0.781 bits per heavy atom. The molecule has 2 heterocycles. The van der Waals surface area contributed by atoms with E-state index in [9.17, 15) is 4.79 Å². The van der Waals surface area contributed by atoms with Crippen molar-refractivity contribution in [2.24, 2.45) is 0 Å². The van der Waals surface area contributed by atoms with Gasteiger partial charge in [-0.3, -0.25) is 0 Å². The Morgan fingerprint density at radius 2 is 1.44 bits per heavy atom. The molecule has 0 spiro atoms. The standard InChI is InChI=1S/C17H18N2O2.C9H12N2/c20-17(21-13-14-6-2-1-3-7-14)19-11-10-18-16-9-5-4-8-15(16)12-19;1-2-4-9-8(3-1)7-10-5-6-11-9/h1-9,18H,10-13H2;1-4,10-11H,5-7H2. The molecule has 0 aromatic heterocycles. The fourth-order valence-corrected chi connectivity index (χ4v) is 3.76. The summed E-state index contributed by atoms with van der Waals surface area (Å²) >= 11 is 0. The average molecular weight is 431 g/mol. The van der Waals surface area contributed by atoms with E-state index in [1.165, 1.54) is 11.3 Å². The summed E-state index contributed by atoms with van der Waals surface area (Å²) in [7, 11) is 0. The van der Waals surface area contributed by atoms with Crippen LogP contribution in [0.2, 0.25) is 0 Å². The van der Waals surface area contributed by atoms with Crippen LogP contribution in [0.15, 0.2) is 78.9 Å². The third-order valence-electron chi connectivity index (χ3n) is 5.49. The highest BCUT2D eigenvalue weighted by atomic mass is 16.6. The first-order chi connectivity index (χ1) is 15.8. The van der Waals surface area contributed by atoms with Crippen LogP contribution in [0.5, 0.6) is 0 Å². The number of ether oxygens (including phenoxy) is 1. The van der Waals surface area contributed by atoms with Crippen molar-refractivity contribution in [1.82, 2.24) is 10.2 Å². The third-order valence-corrected chi connectivity index (χ3v) is 5.49. The molecule has 3 aromatic carbocycles. The molecule has 0 aliphatic carbocycles. The molecule has 5 rings (SSSR count). The topological polar surface area (TPSA) is 65.6 Å². The van der Waals surface area contributed by atoms with Crippen molar-refractivity contribution >= 4 is 17.5 Å². The lowest BCUT2D eigenvalue weighted by Crippen LogP contribution is -2.33. The van der Waals surface area contributed by atoms with E-state index in [4.69, 9.17) is 4.74 Å². The van der Waals surface area contributed by atoms with Gasteiger partial charge in [-0.15, -0.1) is 0 Å². The molecular formula is C26H30N4O2. The Labute approximate surface area is 189 Å². The van der Waals surface area contributed by atoms with Gasteiger partial charge in [0.25, 0.3) is 0 Å². The van der Waals surface area contributed by atoms with Crippen LogP contribution in [-0.2, 0) is 24.4 Å². The number of carbonyl (C=O) groups excluding carboxylic acids is 1. The van der Waals surface area contributed by atoms with E-state index in [1.54, 1.807) is 4.90 Å². The smallest absolute Gasteiger partial charge is 0.410 e. The zero-order valence-electron chi connectivity index (χ0n) is 18.2. The van der Waals surface area contributed by atoms with Gasteiger partial charge in [-0.25, -0.2) is 4.79 Å². The van der Waals surface area contributed by atoms with Gasteiger partial charge >= 0.3 is 6.09 Å². The van der Waals surface area contributed by atoms with Gasteiger partial charge < -0.3 is 25.6 Å². The van der Waals surface area contributed by atoms with Crippen molar-refractivity contribution < 1.29 is 9.53 Å². The van der Waals surface area contributed by atoms with Crippen molar-refractivity contribution in [3.05, 3.63) is 95.6 Å². The maximum absolute atomic E-state index is 12.2. The number of para-hydroxylation sites is 2. The summed E-state index contributed by atoms with van der Waals surface area (Å²) in [6.45, 7) is 5.33. The quantitative estimate of drug-likeness (QED) is 0.561. The van der Waals surface area contributed by atoms with Gasteiger partial charge in [-0.2, -0.15) is 0 Å². The van der Waals surface area contributed by atoms with E-state index in [-0.39, 0.29) is 6.09 Å². The first-order valence-corrected chi connectivity index (χ1v) is 11.1. The molecule has 6 heteroatoms. The van der Waals surface area contributed by atoms with E-state index in [1.807, 2.05) is 54.6 Å². The molecule has 2 aliphatic rings. The van der Waals surface area contributed by atoms with Crippen molar-refractivity contribution in [1.29, 1.82) is 0 Å². The molecule has 0 fully saturated rings. The number of nitrogens with one attached hydrogen (secondary N) is 3. The van der Waals surface area contributed by atoms with E-state index in [0.717, 1.165) is 43.0 Å². The van der Waals surface area contributed by atoms with Crippen LogP contribution in [0.25, 0.3) is 0 Å². The second-order valence-corrected chi connectivity index (χ2v) is 7.81. The molecule has 3 N–H and O–H groups in total. The van der Waals surface area contributed by atoms with Crippen LogP contribution in [-0.4, -0.2) is 37.2 Å². The summed E-state index contributed by atoms with van der Waals surface area (Å²) in [5.74, 6) is 0. The zero-order chi connectivity index (χ0) is 22.0. The fraction of sp³-hybridized carbons (Fsp3) is 0.269. The summed E-state index contributed by atoms with van der Waals surface area (Å²) in [5, 5.41) is 10.0. The number of fused-ring (bicyclic) bond motifs is 2. The summed E-state index contributed by atoms with van der Waals surface area (Å²) in [6, 6.07) is 26.2. The Kier molecular flexibility index (Phi) is 7.60. The van der Waals surface area contributed by atoms with Crippen molar-refractivity contribution in [3.63, 3.8) is 0 Å². The number of anilines is 2. The molecular weight excluding hydrogens is 400 g/mol. The Balaban J connectivity index is 0.000000186. The highest BCUT2D eigenvalue weighted by molar-refractivity contribution is 5.69. The summed E-state index contributed by atoms with van der Waals surface area (Å²) in [4.78, 5) is 13.9. The number of hydrogen-bond donors (Lipinski definition) is 3. The minimum atomic E-state index is -0.266. The van der Waals surface area contributed by atoms with Gasteiger partial charge in [-0.05, 0) is 28.8 Å². The predicted molar refractivity (Wildman–Crippen MR) is 129 cm³/mol. The number of benzene rings is 3. The number of hydrogen-bond acceptors (Lipinski definition) is 5. The van der Waals surface area contributed by atoms with Crippen LogP contribution in [0, 0.1) is 0 Å². The maximum Gasteiger partial charge on any atom is 0.410 e. The highest BCUT2D eigenvalue weighted by Gasteiger charge is 2.19. The summed E-state index contributed by atoms with van der Waals surface area (Å²) in [5.41, 5.74) is 5.85. The van der Waals surface area contributed by atoms with Crippen LogP contribution >= 0.6 is 0 Å². The largest absolute Gasteiger partial charge is 0.445 e. The monoisotopic (exact) mass is 430 g/mol.